The van der Waals surface area contributed by atoms with E-state index in [0.29, 0.717) is 17.7 Å². The number of sulfone groups is 1. The summed E-state index contributed by atoms with van der Waals surface area (Å²) in [6.45, 7) is 0.577. The Morgan fingerprint density at radius 3 is 2.53 bits per heavy atom. The molecule has 1 fully saturated rings. The Morgan fingerprint density at radius 2 is 1.79 bits per heavy atom. The molecule has 34 heavy (non-hydrogen) atoms. The van der Waals surface area contributed by atoms with Crippen molar-refractivity contribution < 1.29 is 17.6 Å². The van der Waals surface area contributed by atoms with Crippen LogP contribution in [-0.2, 0) is 16.3 Å². The van der Waals surface area contributed by atoms with E-state index in [9.17, 15) is 17.6 Å². The predicted octanol–water partition coefficient (Wildman–Crippen LogP) is 3.98. The minimum atomic E-state index is -3.96. The molecular formula is C24H21FN4O3S2. The van der Waals surface area contributed by atoms with Gasteiger partial charge in [-0.15, -0.1) is 0 Å². The first kappa shape index (κ1) is 22.3. The number of hydrogen-bond donors (Lipinski definition) is 3. The molecule has 2 heterocycles. The first-order valence-corrected chi connectivity index (χ1v) is 12.6. The highest BCUT2D eigenvalue weighted by Gasteiger charge is 2.41. The number of urea groups is 1. The van der Waals surface area contributed by atoms with Gasteiger partial charge in [-0.05, 0) is 66.2 Å². The van der Waals surface area contributed by atoms with Gasteiger partial charge in [0.15, 0.2) is 10.5 Å². The van der Waals surface area contributed by atoms with Crippen molar-refractivity contribution in [3.05, 3.63) is 78.1 Å². The van der Waals surface area contributed by atoms with Crippen molar-refractivity contribution in [1.29, 1.82) is 0 Å². The number of fused-ring (bicyclic) bond motifs is 1. The summed E-state index contributed by atoms with van der Waals surface area (Å²) in [4.78, 5) is 14.0. The maximum absolute atomic E-state index is 13.8. The maximum Gasteiger partial charge on any atom is 0.324 e. The van der Waals surface area contributed by atoms with Crippen LogP contribution in [0.25, 0.3) is 11.1 Å². The molecule has 3 aromatic carbocycles. The number of thiocarbonyl (C=S) groups is 1. The van der Waals surface area contributed by atoms with Crippen molar-refractivity contribution in [3.63, 3.8) is 0 Å². The quantitative estimate of drug-likeness (QED) is 0.474. The fraction of sp³-hybridized carbons (Fsp3) is 0.167. The zero-order valence-corrected chi connectivity index (χ0v) is 19.5. The van der Waals surface area contributed by atoms with Crippen molar-refractivity contribution in [2.24, 2.45) is 0 Å². The zero-order chi connectivity index (χ0) is 23.9. The highest BCUT2D eigenvalue weighted by molar-refractivity contribution is 7.92. The lowest BCUT2D eigenvalue weighted by Gasteiger charge is -2.19. The lowest BCUT2D eigenvalue weighted by molar-refractivity contribution is 0.234. The number of benzene rings is 3. The monoisotopic (exact) mass is 496 g/mol. The van der Waals surface area contributed by atoms with Crippen LogP contribution in [0.5, 0.6) is 0 Å². The number of nitrogens with zero attached hydrogens (tertiary/aromatic N) is 1. The first-order chi connectivity index (χ1) is 16.3. The van der Waals surface area contributed by atoms with E-state index in [1.54, 1.807) is 12.1 Å². The molecule has 7 nitrogen and oxygen atoms in total. The molecular weight excluding hydrogens is 475 g/mol. The molecule has 0 aromatic heterocycles. The van der Waals surface area contributed by atoms with Crippen molar-refractivity contribution in [2.75, 3.05) is 23.7 Å². The van der Waals surface area contributed by atoms with Gasteiger partial charge >= 0.3 is 6.03 Å². The van der Waals surface area contributed by atoms with Gasteiger partial charge in [-0.3, -0.25) is 4.90 Å². The van der Waals surface area contributed by atoms with Crippen LogP contribution in [0.3, 0.4) is 0 Å². The zero-order valence-electron chi connectivity index (χ0n) is 17.9. The van der Waals surface area contributed by atoms with Crippen molar-refractivity contribution in [1.82, 2.24) is 10.2 Å². The fourth-order valence-corrected chi connectivity index (χ4v) is 6.24. The smallest absolute Gasteiger partial charge is 0.324 e. The van der Waals surface area contributed by atoms with E-state index < -0.39 is 27.1 Å². The van der Waals surface area contributed by atoms with Gasteiger partial charge in [-0.25, -0.2) is 17.6 Å². The van der Waals surface area contributed by atoms with Crippen molar-refractivity contribution in [3.8, 4) is 11.1 Å². The van der Waals surface area contributed by atoms with E-state index in [-0.39, 0.29) is 16.6 Å². The largest absolute Gasteiger partial charge is 0.384 e. The molecule has 2 aliphatic heterocycles. The van der Waals surface area contributed by atoms with E-state index in [2.05, 4.69) is 16.0 Å². The molecule has 3 N–H and O–H groups in total. The van der Waals surface area contributed by atoms with Crippen molar-refractivity contribution >= 4 is 44.6 Å². The molecule has 10 heteroatoms. The Balaban J connectivity index is 1.45. The van der Waals surface area contributed by atoms with E-state index in [0.717, 1.165) is 28.3 Å². The summed E-state index contributed by atoms with van der Waals surface area (Å²) in [7, 11) is -3.96. The fourth-order valence-electron chi connectivity index (χ4n) is 4.27. The van der Waals surface area contributed by atoms with Crippen LogP contribution in [0.2, 0.25) is 0 Å². The second-order valence-corrected chi connectivity index (χ2v) is 10.5. The molecule has 0 radical (unpaired) electrons. The average Bonchev–Trinajstić information content (AvgIpc) is 3.47. The lowest BCUT2D eigenvalue weighted by atomic mass is 9.98. The average molecular weight is 497 g/mol. The standard InChI is InChI=1S/C24H21FN4O3S2/c25-16-6-8-17(9-7-16)27-24(33)29-14-21(28-23(29)30)34(31,32)20-11-10-19-18(12-13-26-19)22(20)15-4-2-1-3-5-15/h1-11,21,26H,12-14H2,(H,27,33)(H,28,30). The van der Waals surface area contributed by atoms with Crippen molar-refractivity contribution in [2.45, 2.75) is 16.7 Å². The van der Waals surface area contributed by atoms with E-state index in [4.69, 9.17) is 12.2 Å². The molecule has 2 aliphatic rings. The summed E-state index contributed by atoms with van der Waals surface area (Å²) in [5, 5.41) is 7.56. The van der Waals surface area contributed by atoms with Gasteiger partial charge in [0.2, 0.25) is 9.84 Å². The minimum Gasteiger partial charge on any atom is -0.384 e. The topological polar surface area (TPSA) is 90.5 Å². The number of carbonyl (C=O) groups excluding carboxylic acids is 1. The highest BCUT2D eigenvalue weighted by atomic mass is 32.2. The molecule has 0 spiro atoms. The van der Waals surface area contributed by atoms with Gasteiger partial charge in [0.25, 0.3) is 0 Å². The lowest BCUT2D eigenvalue weighted by Crippen LogP contribution is -2.37. The van der Waals surface area contributed by atoms with Crippen LogP contribution < -0.4 is 16.0 Å². The Kier molecular flexibility index (Phi) is 5.70. The molecule has 2 amide bonds. The number of halogens is 1. The van der Waals surface area contributed by atoms with E-state index >= 15 is 0 Å². The Morgan fingerprint density at radius 1 is 1.06 bits per heavy atom. The Hall–Kier alpha value is -3.50. The van der Waals surface area contributed by atoms with Crippen LogP contribution >= 0.6 is 12.2 Å². The number of carbonyl (C=O) groups is 1. The van der Waals surface area contributed by atoms with Crippen LogP contribution in [0.15, 0.2) is 71.6 Å². The second kappa shape index (κ2) is 8.69. The Bertz CT molecular complexity index is 1380. The molecule has 174 valence electrons. The predicted molar refractivity (Wildman–Crippen MR) is 133 cm³/mol. The van der Waals surface area contributed by atoms with Gasteiger partial charge in [0, 0.05) is 23.5 Å². The van der Waals surface area contributed by atoms with Crippen LogP contribution in [0.4, 0.5) is 20.6 Å². The number of amides is 2. The molecule has 1 saturated heterocycles. The third-order valence-corrected chi connectivity index (χ3v) is 8.22. The van der Waals surface area contributed by atoms with Gasteiger partial charge in [0.1, 0.15) is 5.82 Å². The van der Waals surface area contributed by atoms with Gasteiger partial charge < -0.3 is 16.0 Å². The number of nitrogens with one attached hydrogen (secondary N) is 3. The van der Waals surface area contributed by atoms with E-state index in [1.165, 1.54) is 24.3 Å². The second-order valence-electron chi connectivity index (χ2n) is 8.04. The number of hydrogen-bond acceptors (Lipinski definition) is 5. The molecule has 1 atom stereocenters. The highest BCUT2D eigenvalue weighted by Crippen LogP contribution is 2.39. The minimum absolute atomic E-state index is 0.0308. The summed E-state index contributed by atoms with van der Waals surface area (Å²) in [5.41, 5.74) is 3.81. The molecule has 0 bridgehead atoms. The van der Waals surface area contributed by atoms with Crippen LogP contribution in [-0.4, -0.2) is 42.9 Å². The molecule has 5 rings (SSSR count). The summed E-state index contributed by atoms with van der Waals surface area (Å²) >= 11 is 5.32. The van der Waals surface area contributed by atoms with E-state index in [1.807, 2.05) is 30.3 Å². The number of rotatable bonds is 4. The maximum atomic E-state index is 13.8. The van der Waals surface area contributed by atoms with Crippen LogP contribution in [0, 0.1) is 5.82 Å². The summed E-state index contributed by atoms with van der Waals surface area (Å²) in [6, 6.07) is 17.6. The third-order valence-electron chi connectivity index (χ3n) is 5.93. The third kappa shape index (κ3) is 3.99. The van der Waals surface area contributed by atoms with Gasteiger partial charge in [-0.1, -0.05) is 30.3 Å². The molecule has 0 saturated carbocycles. The molecule has 3 aromatic rings. The molecule has 0 aliphatic carbocycles. The SMILES string of the molecule is O=C1NC(S(=O)(=O)c2ccc3c(c2-c2ccccc2)CCN3)CN1C(=S)Nc1ccc(F)cc1. The number of anilines is 2. The Labute approximate surface area is 201 Å². The summed E-state index contributed by atoms with van der Waals surface area (Å²) in [6.07, 6.45) is 0.706. The normalized spacial score (nSPS) is 17.1. The summed E-state index contributed by atoms with van der Waals surface area (Å²) in [5.74, 6) is -0.402. The first-order valence-electron chi connectivity index (χ1n) is 10.7. The van der Waals surface area contributed by atoms with Gasteiger partial charge in [0.05, 0.1) is 11.4 Å². The van der Waals surface area contributed by atoms with Gasteiger partial charge in [-0.2, -0.15) is 0 Å². The van der Waals surface area contributed by atoms with Crippen LogP contribution in [0.1, 0.15) is 5.56 Å². The molecule has 1 unspecified atom stereocenters. The summed E-state index contributed by atoms with van der Waals surface area (Å²) < 4.78 is 40.7.